The fourth-order valence-corrected chi connectivity index (χ4v) is 4.16. The van der Waals surface area contributed by atoms with E-state index in [0.717, 1.165) is 64.1 Å². The van der Waals surface area contributed by atoms with Crippen LogP contribution in [0.1, 0.15) is 106 Å². The van der Waals surface area contributed by atoms with Gasteiger partial charge in [-0.1, -0.05) is 80.1 Å². The van der Waals surface area contributed by atoms with Gasteiger partial charge in [0.1, 0.15) is 6.10 Å². The van der Waals surface area contributed by atoms with E-state index in [9.17, 15) is 10.4 Å². The maximum atomic E-state index is 10.8. The molecule has 5 atom stereocenters. The Morgan fingerprint density at radius 2 is 1.58 bits per heavy atom. The van der Waals surface area contributed by atoms with Crippen LogP contribution in [0.25, 0.3) is 0 Å². The monoisotopic (exact) mass is 444 g/mol. The molecule has 0 aliphatic heterocycles. The molecule has 0 aliphatic carbocycles. The van der Waals surface area contributed by atoms with Crippen LogP contribution in [0, 0.1) is 17.8 Å². The number of hydrogen-bond donors (Lipinski definition) is 3. The van der Waals surface area contributed by atoms with Gasteiger partial charge in [-0.2, -0.15) is 0 Å². The molecular formula is C26H56N2O3. The Morgan fingerprint density at radius 1 is 0.903 bits per heavy atom. The van der Waals surface area contributed by atoms with Crippen molar-refractivity contribution in [2.45, 2.75) is 124 Å². The quantitative estimate of drug-likeness (QED) is 0.150. The zero-order valence-electron chi connectivity index (χ0n) is 21.9. The molecule has 0 aromatic carbocycles. The van der Waals surface area contributed by atoms with E-state index in [1.165, 1.54) is 25.7 Å². The number of nitrogens with zero attached hydrogens (tertiary/aromatic N) is 1. The number of unbranched alkanes of at least 4 members (excludes halogenated alkanes) is 1. The molecule has 0 fully saturated rings. The molecule has 31 heavy (non-hydrogen) atoms. The first-order chi connectivity index (χ1) is 14.7. The molecule has 0 bridgehead atoms. The van der Waals surface area contributed by atoms with E-state index in [2.05, 4.69) is 58.8 Å². The maximum Gasteiger partial charge on any atom is 0.105 e. The van der Waals surface area contributed by atoms with Gasteiger partial charge in [-0.05, 0) is 63.6 Å². The molecule has 0 aromatic heterocycles. The normalized spacial score (nSPS) is 17.1. The molecule has 0 aliphatic rings. The number of hydrogen-bond acceptors (Lipinski definition) is 5. The lowest BCUT2D eigenvalue weighted by molar-refractivity contribution is -0.282. The Balaban J connectivity index is 4.23. The summed E-state index contributed by atoms with van der Waals surface area (Å²) in [7, 11) is 2.08. The van der Waals surface area contributed by atoms with Gasteiger partial charge in [0.2, 0.25) is 0 Å². The fourth-order valence-electron chi connectivity index (χ4n) is 4.16. The summed E-state index contributed by atoms with van der Waals surface area (Å²) in [6.45, 7) is 16.1. The van der Waals surface area contributed by atoms with Crippen molar-refractivity contribution in [3.63, 3.8) is 0 Å². The van der Waals surface area contributed by atoms with Crippen molar-refractivity contribution in [2.24, 2.45) is 17.8 Å². The van der Waals surface area contributed by atoms with Gasteiger partial charge < -0.3 is 15.3 Å². The van der Waals surface area contributed by atoms with Crippen molar-refractivity contribution in [1.82, 2.24) is 10.2 Å². The number of aliphatic hydroxyl groups is 1. The second kappa shape index (κ2) is 19.3. The smallest absolute Gasteiger partial charge is 0.105 e. The summed E-state index contributed by atoms with van der Waals surface area (Å²) in [6, 6.07) is 0.169. The minimum Gasteiger partial charge on any atom is -0.392 e. The van der Waals surface area contributed by atoms with E-state index in [1.54, 1.807) is 0 Å². The first-order valence-electron chi connectivity index (χ1n) is 13.1. The SMILES string of the molecule is CCCC[C@@H](C)CCCC(CN(C)CCCC(O)[C@H](CC(C)C)NCC(C)CC)OO. The largest absolute Gasteiger partial charge is 0.392 e. The first-order valence-corrected chi connectivity index (χ1v) is 13.1. The molecule has 0 saturated heterocycles. The Hall–Kier alpha value is -0.200. The fraction of sp³-hybridized carbons (Fsp3) is 1.00. The van der Waals surface area contributed by atoms with E-state index < -0.39 is 0 Å². The summed E-state index contributed by atoms with van der Waals surface area (Å²) in [6.07, 6.45) is 10.5. The molecule has 0 amide bonds. The van der Waals surface area contributed by atoms with Crippen LogP contribution in [0.5, 0.6) is 0 Å². The van der Waals surface area contributed by atoms with Crippen LogP contribution < -0.4 is 5.32 Å². The Morgan fingerprint density at radius 3 is 2.16 bits per heavy atom. The molecule has 3 N–H and O–H groups in total. The van der Waals surface area contributed by atoms with Gasteiger partial charge >= 0.3 is 0 Å². The predicted molar refractivity (Wildman–Crippen MR) is 133 cm³/mol. The van der Waals surface area contributed by atoms with Crippen molar-refractivity contribution in [3.8, 4) is 0 Å². The maximum absolute atomic E-state index is 10.8. The van der Waals surface area contributed by atoms with Crippen molar-refractivity contribution < 1.29 is 15.3 Å². The Bertz CT molecular complexity index is 395. The Kier molecular flexibility index (Phi) is 19.2. The summed E-state index contributed by atoms with van der Waals surface area (Å²) >= 11 is 0. The Labute approximate surface area is 194 Å². The van der Waals surface area contributed by atoms with Crippen LogP contribution in [0.4, 0.5) is 0 Å². The average molecular weight is 445 g/mol. The van der Waals surface area contributed by atoms with Crippen LogP contribution in [0.2, 0.25) is 0 Å². The van der Waals surface area contributed by atoms with Crippen molar-refractivity contribution >= 4 is 0 Å². The molecule has 0 rings (SSSR count). The zero-order valence-corrected chi connectivity index (χ0v) is 21.9. The van der Waals surface area contributed by atoms with E-state index in [-0.39, 0.29) is 18.2 Å². The molecule has 0 heterocycles. The van der Waals surface area contributed by atoms with Gasteiger partial charge in [0.15, 0.2) is 0 Å². The highest BCUT2D eigenvalue weighted by molar-refractivity contribution is 4.78. The molecule has 0 saturated carbocycles. The second-order valence-electron chi connectivity index (χ2n) is 10.5. The molecule has 5 heteroatoms. The van der Waals surface area contributed by atoms with Crippen LogP contribution >= 0.6 is 0 Å². The highest BCUT2D eigenvalue weighted by Crippen LogP contribution is 2.17. The van der Waals surface area contributed by atoms with Gasteiger partial charge in [-0.15, -0.1) is 0 Å². The topological polar surface area (TPSA) is 65.0 Å². The van der Waals surface area contributed by atoms with E-state index in [1.807, 2.05) is 0 Å². The lowest BCUT2D eigenvalue weighted by atomic mass is 9.95. The van der Waals surface area contributed by atoms with Crippen molar-refractivity contribution in [1.29, 1.82) is 0 Å². The number of rotatable bonds is 21. The third-order valence-electron chi connectivity index (χ3n) is 6.59. The summed E-state index contributed by atoms with van der Waals surface area (Å²) < 4.78 is 0. The molecule has 3 unspecified atom stereocenters. The van der Waals surface area contributed by atoms with E-state index in [0.29, 0.717) is 11.8 Å². The summed E-state index contributed by atoms with van der Waals surface area (Å²) in [5.74, 6) is 1.96. The number of nitrogens with one attached hydrogen (secondary N) is 1. The van der Waals surface area contributed by atoms with Crippen molar-refractivity contribution in [3.05, 3.63) is 0 Å². The molecule has 5 nitrogen and oxygen atoms in total. The van der Waals surface area contributed by atoms with Crippen LogP contribution in [0.3, 0.4) is 0 Å². The third kappa shape index (κ3) is 17.0. The standard InChI is InChI=1S/C26H56N2O3/c1-8-10-13-23(6)14-11-15-24(31-30)20-28(7)17-12-16-26(29)25(18-21(3)4)27-19-22(5)9-2/h21-27,29-30H,8-20H2,1-7H3/t22?,23-,24?,25+,26?/m1/s1. The molecule has 0 spiro atoms. The van der Waals surface area contributed by atoms with Gasteiger partial charge in [0.05, 0.1) is 6.10 Å². The summed E-state index contributed by atoms with van der Waals surface area (Å²) in [4.78, 5) is 6.98. The average Bonchev–Trinajstić information content (AvgIpc) is 2.73. The predicted octanol–water partition coefficient (Wildman–Crippen LogP) is 5.96. The minimum atomic E-state index is -0.311. The van der Waals surface area contributed by atoms with Gasteiger partial charge in [-0.3, -0.25) is 5.26 Å². The van der Waals surface area contributed by atoms with Gasteiger partial charge in [-0.25, -0.2) is 4.89 Å². The second-order valence-corrected chi connectivity index (χ2v) is 10.5. The summed E-state index contributed by atoms with van der Waals surface area (Å²) in [5.41, 5.74) is 0. The van der Waals surface area contributed by atoms with Crippen LogP contribution in [-0.4, -0.2) is 60.2 Å². The van der Waals surface area contributed by atoms with Crippen LogP contribution in [-0.2, 0) is 4.89 Å². The zero-order chi connectivity index (χ0) is 23.6. The van der Waals surface area contributed by atoms with Gasteiger partial charge in [0.25, 0.3) is 0 Å². The number of aliphatic hydroxyl groups excluding tert-OH is 1. The molecule has 0 aromatic rings. The van der Waals surface area contributed by atoms with Crippen LogP contribution in [0.15, 0.2) is 0 Å². The lowest BCUT2D eigenvalue weighted by Crippen LogP contribution is -2.43. The van der Waals surface area contributed by atoms with Gasteiger partial charge in [0, 0.05) is 12.6 Å². The highest BCUT2D eigenvalue weighted by Gasteiger charge is 2.21. The minimum absolute atomic E-state index is 0.126. The molecule has 188 valence electrons. The van der Waals surface area contributed by atoms with E-state index in [4.69, 9.17) is 4.89 Å². The lowest BCUT2D eigenvalue weighted by Gasteiger charge is -2.28. The van der Waals surface area contributed by atoms with Crippen molar-refractivity contribution in [2.75, 3.05) is 26.7 Å². The van der Waals surface area contributed by atoms with E-state index >= 15 is 0 Å². The number of likely N-dealkylation sites (N-methyl/N-ethyl adjacent to an activating group) is 1. The third-order valence-corrected chi connectivity index (χ3v) is 6.59. The first kappa shape index (κ1) is 30.8. The molecular weight excluding hydrogens is 388 g/mol. The summed E-state index contributed by atoms with van der Waals surface area (Å²) in [5, 5.41) is 23.7. The highest BCUT2D eigenvalue weighted by atomic mass is 17.1. The molecule has 0 radical (unpaired) electrons.